The van der Waals surface area contributed by atoms with E-state index >= 15 is 0 Å². The standard InChI is InChI=1S/C19H23N3O2S/c1-10-6-15-13(11(2)9-19(3,4)22(15)5)7-12(10)8-14-16(23)20-18(25)21-17(14)24/h6-8,11H,9H2,1-5H3,(H2,20,21,23,24,25). The van der Waals surface area contributed by atoms with E-state index in [1.165, 1.54) is 11.3 Å². The van der Waals surface area contributed by atoms with Crippen LogP contribution in [0.3, 0.4) is 0 Å². The highest BCUT2D eigenvalue weighted by Gasteiger charge is 2.34. The summed E-state index contributed by atoms with van der Waals surface area (Å²) in [4.78, 5) is 26.5. The van der Waals surface area contributed by atoms with Crippen LogP contribution < -0.4 is 15.5 Å². The number of hydrogen-bond acceptors (Lipinski definition) is 4. The molecule has 2 heterocycles. The van der Waals surface area contributed by atoms with Gasteiger partial charge in [-0.15, -0.1) is 0 Å². The number of fused-ring (bicyclic) bond motifs is 1. The fourth-order valence-electron chi connectivity index (χ4n) is 3.65. The van der Waals surface area contributed by atoms with Crippen LogP contribution >= 0.6 is 12.2 Å². The Morgan fingerprint density at radius 2 is 1.84 bits per heavy atom. The lowest BCUT2D eigenvalue weighted by Gasteiger charge is -2.45. The number of rotatable bonds is 1. The van der Waals surface area contributed by atoms with Gasteiger partial charge in [-0.2, -0.15) is 0 Å². The van der Waals surface area contributed by atoms with E-state index in [0.29, 0.717) is 5.92 Å². The molecule has 1 unspecified atom stereocenters. The van der Waals surface area contributed by atoms with E-state index in [0.717, 1.165) is 17.5 Å². The normalized spacial score (nSPS) is 22.3. The van der Waals surface area contributed by atoms with Gasteiger partial charge in [0.15, 0.2) is 5.11 Å². The Morgan fingerprint density at radius 1 is 1.24 bits per heavy atom. The molecule has 25 heavy (non-hydrogen) atoms. The summed E-state index contributed by atoms with van der Waals surface area (Å²) in [5.41, 5.74) is 4.53. The van der Waals surface area contributed by atoms with Crippen molar-refractivity contribution in [3.63, 3.8) is 0 Å². The third kappa shape index (κ3) is 3.06. The number of amides is 2. The summed E-state index contributed by atoms with van der Waals surface area (Å²) in [6.45, 7) is 8.71. The van der Waals surface area contributed by atoms with Crippen molar-refractivity contribution < 1.29 is 9.59 Å². The number of carbonyl (C=O) groups excluding carboxylic acids is 2. The van der Waals surface area contributed by atoms with Crippen molar-refractivity contribution >= 4 is 40.9 Å². The van der Waals surface area contributed by atoms with E-state index in [1.54, 1.807) is 6.08 Å². The summed E-state index contributed by atoms with van der Waals surface area (Å²) in [6.07, 6.45) is 2.69. The van der Waals surface area contributed by atoms with Gasteiger partial charge in [0.2, 0.25) is 0 Å². The Kier molecular flexibility index (Phi) is 4.19. The Labute approximate surface area is 153 Å². The molecule has 0 radical (unpaired) electrons. The second-order valence-corrected chi connectivity index (χ2v) is 7.95. The summed E-state index contributed by atoms with van der Waals surface area (Å²) >= 11 is 4.84. The molecular formula is C19H23N3O2S. The minimum atomic E-state index is -0.461. The maximum absolute atomic E-state index is 12.1. The lowest BCUT2D eigenvalue weighted by Crippen LogP contribution is -2.51. The summed E-state index contributed by atoms with van der Waals surface area (Å²) in [7, 11) is 2.12. The van der Waals surface area contributed by atoms with E-state index in [-0.39, 0.29) is 16.2 Å². The molecule has 1 fully saturated rings. The zero-order valence-corrected chi connectivity index (χ0v) is 16.0. The fourth-order valence-corrected chi connectivity index (χ4v) is 3.84. The predicted octanol–water partition coefficient (Wildman–Crippen LogP) is 2.63. The fraction of sp³-hybridized carbons (Fsp3) is 0.421. The first-order valence-electron chi connectivity index (χ1n) is 8.37. The number of anilines is 1. The summed E-state index contributed by atoms with van der Waals surface area (Å²) in [5, 5.41) is 4.99. The van der Waals surface area contributed by atoms with Gasteiger partial charge in [0.1, 0.15) is 5.57 Å². The number of hydrogen-bond donors (Lipinski definition) is 2. The van der Waals surface area contributed by atoms with Gasteiger partial charge in [-0.25, -0.2) is 0 Å². The van der Waals surface area contributed by atoms with Gasteiger partial charge in [-0.3, -0.25) is 20.2 Å². The second-order valence-electron chi connectivity index (χ2n) is 7.54. The molecule has 0 spiro atoms. The van der Waals surface area contributed by atoms with Crippen LogP contribution in [0.4, 0.5) is 5.69 Å². The molecule has 5 nitrogen and oxygen atoms in total. The minimum absolute atomic E-state index is 0.0480. The topological polar surface area (TPSA) is 61.4 Å². The molecule has 2 amide bonds. The minimum Gasteiger partial charge on any atom is -0.369 e. The molecule has 0 bridgehead atoms. The lowest BCUT2D eigenvalue weighted by atomic mass is 9.79. The molecule has 1 saturated heterocycles. The number of benzene rings is 1. The lowest BCUT2D eigenvalue weighted by molar-refractivity contribution is -0.123. The summed E-state index contributed by atoms with van der Waals surface area (Å²) in [6, 6.07) is 4.24. The highest BCUT2D eigenvalue weighted by molar-refractivity contribution is 7.80. The molecule has 0 aromatic heterocycles. The molecule has 2 aliphatic rings. The van der Waals surface area contributed by atoms with Crippen LogP contribution in [-0.4, -0.2) is 29.5 Å². The molecule has 1 aromatic rings. The highest BCUT2D eigenvalue weighted by atomic mass is 32.1. The molecule has 2 aliphatic heterocycles. The van der Waals surface area contributed by atoms with Gasteiger partial charge in [-0.05, 0) is 80.2 Å². The average Bonchev–Trinajstić information content (AvgIpc) is 2.49. The smallest absolute Gasteiger partial charge is 0.263 e. The predicted molar refractivity (Wildman–Crippen MR) is 104 cm³/mol. The van der Waals surface area contributed by atoms with Crippen LogP contribution in [0.5, 0.6) is 0 Å². The molecule has 0 aliphatic carbocycles. The van der Waals surface area contributed by atoms with Crippen LogP contribution in [0.25, 0.3) is 6.08 Å². The van der Waals surface area contributed by atoms with Crippen molar-refractivity contribution in [3.8, 4) is 0 Å². The Bertz CT molecular complexity index is 804. The van der Waals surface area contributed by atoms with Crippen LogP contribution in [0.1, 0.15) is 49.8 Å². The van der Waals surface area contributed by atoms with E-state index in [9.17, 15) is 9.59 Å². The molecule has 2 N–H and O–H groups in total. The Balaban J connectivity index is 2.07. The Hall–Kier alpha value is -2.21. The van der Waals surface area contributed by atoms with E-state index < -0.39 is 11.8 Å². The average molecular weight is 357 g/mol. The number of nitrogens with one attached hydrogen (secondary N) is 2. The Morgan fingerprint density at radius 3 is 2.44 bits per heavy atom. The molecule has 3 rings (SSSR count). The first-order valence-corrected chi connectivity index (χ1v) is 8.77. The molecule has 6 heteroatoms. The van der Waals surface area contributed by atoms with Crippen molar-refractivity contribution in [3.05, 3.63) is 34.4 Å². The van der Waals surface area contributed by atoms with Gasteiger partial charge >= 0.3 is 0 Å². The summed E-state index contributed by atoms with van der Waals surface area (Å²) in [5.74, 6) is -0.519. The van der Waals surface area contributed by atoms with Crippen LogP contribution in [0.2, 0.25) is 0 Å². The number of thiocarbonyl (C=S) groups is 1. The quantitative estimate of drug-likeness (QED) is 0.461. The van der Waals surface area contributed by atoms with Crippen molar-refractivity contribution in [2.45, 2.75) is 45.6 Å². The maximum Gasteiger partial charge on any atom is 0.263 e. The number of aryl methyl sites for hydroxylation is 1. The first kappa shape index (κ1) is 17.6. The SMILES string of the molecule is Cc1cc2c(cc1C=C1C(=O)NC(=S)NC1=O)C(C)CC(C)(C)N2C. The molecule has 0 saturated carbocycles. The van der Waals surface area contributed by atoms with Crippen molar-refractivity contribution in [2.24, 2.45) is 0 Å². The summed E-state index contributed by atoms with van der Waals surface area (Å²) < 4.78 is 0. The van der Waals surface area contributed by atoms with Gasteiger partial charge in [0, 0.05) is 18.3 Å². The monoisotopic (exact) mass is 357 g/mol. The van der Waals surface area contributed by atoms with Crippen molar-refractivity contribution in [1.29, 1.82) is 0 Å². The van der Waals surface area contributed by atoms with E-state index in [4.69, 9.17) is 12.2 Å². The van der Waals surface area contributed by atoms with E-state index in [2.05, 4.69) is 55.5 Å². The van der Waals surface area contributed by atoms with Gasteiger partial charge in [-0.1, -0.05) is 6.92 Å². The van der Waals surface area contributed by atoms with Crippen molar-refractivity contribution in [2.75, 3.05) is 11.9 Å². The van der Waals surface area contributed by atoms with Crippen LogP contribution in [0.15, 0.2) is 17.7 Å². The van der Waals surface area contributed by atoms with Crippen LogP contribution in [0, 0.1) is 6.92 Å². The molecular weight excluding hydrogens is 334 g/mol. The van der Waals surface area contributed by atoms with E-state index in [1.807, 2.05) is 6.92 Å². The molecule has 132 valence electrons. The van der Waals surface area contributed by atoms with Gasteiger partial charge in [0.25, 0.3) is 11.8 Å². The first-order chi connectivity index (χ1) is 11.6. The van der Waals surface area contributed by atoms with Crippen molar-refractivity contribution in [1.82, 2.24) is 10.6 Å². The molecule has 1 atom stereocenters. The maximum atomic E-state index is 12.1. The van der Waals surface area contributed by atoms with Crippen LogP contribution in [-0.2, 0) is 9.59 Å². The van der Waals surface area contributed by atoms with Gasteiger partial charge in [0.05, 0.1) is 0 Å². The zero-order chi connectivity index (χ0) is 18.5. The third-order valence-corrected chi connectivity index (χ3v) is 5.47. The largest absolute Gasteiger partial charge is 0.369 e. The third-order valence-electron chi connectivity index (χ3n) is 5.26. The van der Waals surface area contributed by atoms with Gasteiger partial charge < -0.3 is 4.90 Å². The number of nitrogens with zero attached hydrogens (tertiary/aromatic N) is 1. The number of carbonyl (C=O) groups is 2. The second kappa shape index (κ2) is 5.95. The zero-order valence-electron chi connectivity index (χ0n) is 15.2. The molecule has 1 aromatic carbocycles. The highest BCUT2D eigenvalue weighted by Crippen LogP contribution is 2.43.